The van der Waals surface area contributed by atoms with Crippen molar-refractivity contribution in [3.8, 4) is 5.75 Å². The number of amides is 6. The molecule has 13 nitrogen and oxygen atoms in total. The Hall–Kier alpha value is -4.16. The second kappa shape index (κ2) is 13.8. The summed E-state index contributed by atoms with van der Waals surface area (Å²) in [5.74, 6) is -3.29. The highest BCUT2D eigenvalue weighted by molar-refractivity contribution is 5.97. The summed E-state index contributed by atoms with van der Waals surface area (Å²) in [7, 11) is 0. The van der Waals surface area contributed by atoms with Gasteiger partial charge in [-0.15, -0.1) is 0 Å². The van der Waals surface area contributed by atoms with Crippen LogP contribution in [0.25, 0.3) is 0 Å². The fourth-order valence-electron chi connectivity index (χ4n) is 4.75. The number of phenolic OH excluding ortho intramolecular Hbond substituents is 1. The van der Waals surface area contributed by atoms with Crippen LogP contribution >= 0.6 is 0 Å². The quantitative estimate of drug-likeness (QED) is 0.265. The van der Waals surface area contributed by atoms with Crippen molar-refractivity contribution in [1.82, 2.24) is 31.5 Å². The maximum absolute atomic E-state index is 13.7. The summed E-state index contributed by atoms with van der Waals surface area (Å²) in [6, 6.07) is 2.28. The molecule has 2 aliphatic heterocycles. The van der Waals surface area contributed by atoms with Crippen molar-refractivity contribution in [2.45, 2.75) is 70.6 Å². The molecule has 0 saturated carbocycles. The number of hydrogen-bond donors (Lipinski definition) is 6. The van der Waals surface area contributed by atoms with Gasteiger partial charge in [-0.25, -0.2) is 0 Å². The van der Waals surface area contributed by atoms with Crippen LogP contribution in [0.1, 0.15) is 45.6 Å². The highest BCUT2D eigenvalue weighted by Gasteiger charge is 2.38. The van der Waals surface area contributed by atoms with Gasteiger partial charge in [-0.3, -0.25) is 28.8 Å². The lowest BCUT2D eigenvalue weighted by atomic mass is 10.0. The molecule has 13 heteroatoms. The van der Waals surface area contributed by atoms with Gasteiger partial charge in [-0.1, -0.05) is 26.0 Å². The predicted molar refractivity (Wildman–Crippen MR) is 143 cm³/mol. The Morgan fingerprint density at radius 2 is 1.48 bits per heavy atom. The fraction of sp³-hybridized carbons (Fsp3) is 0.556. The zero-order valence-corrected chi connectivity index (χ0v) is 23.0. The van der Waals surface area contributed by atoms with Gasteiger partial charge in [0.2, 0.25) is 35.4 Å². The topological polar surface area (TPSA) is 186 Å². The number of phenols is 1. The van der Waals surface area contributed by atoms with Crippen LogP contribution in [0.3, 0.4) is 0 Å². The Kier molecular flexibility index (Phi) is 10.5. The lowest BCUT2D eigenvalue weighted by molar-refractivity contribution is -0.142. The normalized spacial score (nSPS) is 25.6. The molecule has 0 unspecified atom stereocenters. The summed E-state index contributed by atoms with van der Waals surface area (Å²) in [4.78, 5) is 78.9. The van der Waals surface area contributed by atoms with E-state index in [1.165, 1.54) is 24.0 Å². The van der Waals surface area contributed by atoms with Crippen LogP contribution < -0.4 is 26.6 Å². The first kappa shape index (κ1) is 30.4. The number of carbonyl (C=O) groups is 6. The highest BCUT2D eigenvalue weighted by atomic mass is 16.3. The molecular weight excluding hydrogens is 520 g/mol. The number of aromatic hydroxyl groups is 1. The molecule has 1 aromatic carbocycles. The Morgan fingerprint density at radius 3 is 2.12 bits per heavy atom. The van der Waals surface area contributed by atoms with Crippen LogP contribution in [-0.2, 0) is 35.2 Å². The molecule has 0 bridgehead atoms. The van der Waals surface area contributed by atoms with E-state index in [4.69, 9.17) is 0 Å². The van der Waals surface area contributed by atoms with Crippen LogP contribution in [0, 0.1) is 5.92 Å². The minimum absolute atomic E-state index is 0.0445. The average Bonchev–Trinajstić information content (AvgIpc) is 3.39. The van der Waals surface area contributed by atoms with Gasteiger partial charge in [0.1, 0.15) is 29.9 Å². The number of hydrogen-bond acceptors (Lipinski definition) is 7. The number of nitrogens with one attached hydrogen (secondary N) is 5. The lowest BCUT2D eigenvalue weighted by Crippen LogP contribution is -2.58. The van der Waals surface area contributed by atoms with E-state index in [0.717, 1.165) is 0 Å². The van der Waals surface area contributed by atoms with Gasteiger partial charge >= 0.3 is 0 Å². The molecule has 0 spiro atoms. The third-order valence-corrected chi connectivity index (χ3v) is 6.81. The third-order valence-electron chi connectivity index (χ3n) is 6.81. The SMILES string of the molecule is CC(C)C[C@@H]1NC(=O)CNC(=O)[C@@H]2CCCN2C(=O)[C@H](Cc2ccc(O)cc2)NC(=O)[C@H](C)NC(=O)CNC1=O. The molecule has 2 fully saturated rings. The van der Waals surface area contributed by atoms with Crippen LogP contribution in [-0.4, -0.2) is 89.3 Å². The molecule has 2 heterocycles. The van der Waals surface area contributed by atoms with Gasteiger partial charge in [-0.2, -0.15) is 0 Å². The maximum atomic E-state index is 13.7. The van der Waals surface area contributed by atoms with Gasteiger partial charge in [0.15, 0.2) is 0 Å². The predicted octanol–water partition coefficient (Wildman–Crippen LogP) is -1.31. The lowest BCUT2D eigenvalue weighted by Gasteiger charge is -2.29. The summed E-state index contributed by atoms with van der Waals surface area (Å²) in [6.07, 6.45) is 1.31. The summed E-state index contributed by atoms with van der Waals surface area (Å²) >= 11 is 0. The summed E-state index contributed by atoms with van der Waals surface area (Å²) in [6.45, 7) is 4.66. The Balaban J connectivity index is 1.86. The monoisotopic (exact) mass is 558 g/mol. The molecule has 4 atom stereocenters. The van der Waals surface area contributed by atoms with E-state index in [1.807, 2.05) is 13.8 Å². The molecule has 2 aliphatic rings. The second-order valence-electron chi connectivity index (χ2n) is 10.6. The molecule has 40 heavy (non-hydrogen) atoms. The average molecular weight is 559 g/mol. The van der Waals surface area contributed by atoms with Crippen LogP contribution in [0.2, 0.25) is 0 Å². The van der Waals surface area contributed by atoms with Crippen molar-refractivity contribution in [1.29, 1.82) is 0 Å². The van der Waals surface area contributed by atoms with Crippen molar-refractivity contribution in [3.05, 3.63) is 29.8 Å². The van der Waals surface area contributed by atoms with Crippen LogP contribution in [0.4, 0.5) is 0 Å². The van der Waals surface area contributed by atoms with Gasteiger partial charge in [0.05, 0.1) is 13.1 Å². The zero-order valence-electron chi connectivity index (χ0n) is 23.0. The smallest absolute Gasteiger partial charge is 0.246 e. The van der Waals surface area contributed by atoms with E-state index in [9.17, 15) is 33.9 Å². The molecule has 6 N–H and O–H groups in total. The van der Waals surface area contributed by atoms with Crippen molar-refractivity contribution in [3.63, 3.8) is 0 Å². The number of nitrogens with zero attached hydrogens (tertiary/aromatic N) is 1. The standard InChI is InChI=1S/C27H38N6O7/c1-15(2)11-19-25(38)28-13-22(35)30-16(3)24(37)32-20(12-17-6-8-18(34)9-7-17)27(40)33-10-4-5-21(33)26(39)29-14-23(36)31-19/h6-9,15-16,19-21,34H,4-5,10-14H2,1-3H3,(H,28,38)(H,29,39)(H,30,35)(H,31,36)(H,32,37)/t16-,19-,20-,21-/m0/s1. The first-order valence-electron chi connectivity index (χ1n) is 13.5. The first-order chi connectivity index (χ1) is 18.9. The fourth-order valence-corrected chi connectivity index (χ4v) is 4.75. The second-order valence-corrected chi connectivity index (χ2v) is 10.6. The Labute approximate surface area is 232 Å². The van der Waals surface area contributed by atoms with E-state index in [1.54, 1.807) is 12.1 Å². The summed E-state index contributed by atoms with van der Waals surface area (Å²) in [5.41, 5.74) is 0.658. The molecule has 218 valence electrons. The molecule has 0 aliphatic carbocycles. The zero-order chi connectivity index (χ0) is 29.4. The van der Waals surface area contributed by atoms with E-state index < -0.39 is 72.7 Å². The molecule has 2 saturated heterocycles. The van der Waals surface area contributed by atoms with Gasteiger partial charge in [-0.05, 0) is 49.8 Å². The van der Waals surface area contributed by atoms with Crippen molar-refractivity contribution in [2.75, 3.05) is 19.6 Å². The van der Waals surface area contributed by atoms with Crippen LogP contribution in [0.5, 0.6) is 5.75 Å². The molecule has 6 amide bonds. The third kappa shape index (κ3) is 8.42. The highest BCUT2D eigenvalue weighted by Crippen LogP contribution is 2.20. The molecule has 3 rings (SSSR count). The van der Waals surface area contributed by atoms with Crippen molar-refractivity contribution >= 4 is 35.4 Å². The van der Waals surface area contributed by atoms with Gasteiger partial charge < -0.3 is 36.6 Å². The maximum Gasteiger partial charge on any atom is 0.246 e. The van der Waals surface area contributed by atoms with Crippen molar-refractivity contribution < 1.29 is 33.9 Å². The number of fused-ring (bicyclic) bond motifs is 1. The van der Waals surface area contributed by atoms with E-state index >= 15 is 0 Å². The summed E-state index contributed by atoms with van der Waals surface area (Å²) < 4.78 is 0. The van der Waals surface area contributed by atoms with E-state index in [-0.39, 0.29) is 24.6 Å². The Bertz CT molecular complexity index is 1120. The molecule has 0 aromatic heterocycles. The van der Waals surface area contributed by atoms with E-state index in [0.29, 0.717) is 24.8 Å². The first-order valence-corrected chi connectivity index (χ1v) is 13.5. The minimum atomic E-state index is -1.07. The molecular formula is C27H38N6O7. The van der Waals surface area contributed by atoms with Crippen LogP contribution in [0.15, 0.2) is 24.3 Å². The number of benzene rings is 1. The van der Waals surface area contributed by atoms with E-state index in [2.05, 4.69) is 26.6 Å². The van der Waals surface area contributed by atoms with Gasteiger partial charge in [0.25, 0.3) is 0 Å². The molecule has 0 radical (unpaired) electrons. The minimum Gasteiger partial charge on any atom is -0.508 e. The summed E-state index contributed by atoms with van der Waals surface area (Å²) in [5, 5.41) is 22.4. The van der Waals surface area contributed by atoms with Gasteiger partial charge in [0, 0.05) is 13.0 Å². The van der Waals surface area contributed by atoms with Crippen molar-refractivity contribution in [2.24, 2.45) is 5.92 Å². The Morgan fingerprint density at radius 1 is 0.850 bits per heavy atom. The molecule has 1 aromatic rings. The number of carbonyl (C=O) groups excluding carboxylic acids is 6. The largest absolute Gasteiger partial charge is 0.508 e. The number of rotatable bonds is 4.